The van der Waals surface area contributed by atoms with Gasteiger partial charge in [0.1, 0.15) is 23.5 Å². The fourth-order valence-electron chi connectivity index (χ4n) is 2.33. The number of hydrogen-bond acceptors (Lipinski definition) is 2. The predicted molar refractivity (Wildman–Crippen MR) is 73.4 cm³/mol. The Bertz CT molecular complexity index is 660. The highest BCUT2D eigenvalue weighted by Gasteiger charge is 2.28. The molecule has 0 saturated heterocycles. The SMILES string of the molecule is O[C@H]1CC(c2ccc(F)c(Br)c2)Oc2ccc(F)cc21. The third kappa shape index (κ3) is 2.43. The first-order valence-electron chi connectivity index (χ1n) is 6.13. The Morgan fingerprint density at radius 1 is 1.15 bits per heavy atom. The van der Waals surface area contributed by atoms with Gasteiger partial charge in [-0.15, -0.1) is 0 Å². The van der Waals surface area contributed by atoms with Crippen LogP contribution in [0.25, 0.3) is 0 Å². The van der Waals surface area contributed by atoms with Crippen molar-refractivity contribution >= 4 is 15.9 Å². The first-order chi connectivity index (χ1) is 9.54. The van der Waals surface area contributed by atoms with Crippen LogP contribution in [0.1, 0.15) is 29.8 Å². The van der Waals surface area contributed by atoms with E-state index in [9.17, 15) is 13.9 Å². The zero-order valence-corrected chi connectivity index (χ0v) is 11.9. The van der Waals surface area contributed by atoms with Gasteiger partial charge in [-0.05, 0) is 51.8 Å². The Kier molecular flexibility index (Phi) is 3.48. The van der Waals surface area contributed by atoms with Crippen molar-refractivity contribution in [3.63, 3.8) is 0 Å². The second-order valence-electron chi connectivity index (χ2n) is 4.71. The summed E-state index contributed by atoms with van der Waals surface area (Å²) in [4.78, 5) is 0. The maximum absolute atomic E-state index is 13.2. The minimum Gasteiger partial charge on any atom is -0.485 e. The molecule has 0 saturated carbocycles. The summed E-state index contributed by atoms with van der Waals surface area (Å²) in [5.74, 6) is -0.308. The van der Waals surface area contributed by atoms with Gasteiger partial charge in [0.2, 0.25) is 0 Å². The normalized spacial score (nSPS) is 21.2. The molecule has 1 unspecified atom stereocenters. The second kappa shape index (κ2) is 5.14. The third-order valence-electron chi connectivity index (χ3n) is 3.35. The van der Waals surface area contributed by atoms with Crippen molar-refractivity contribution in [3.05, 3.63) is 63.6 Å². The van der Waals surface area contributed by atoms with E-state index in [2.05, 4.69) is 15.9 Å². The molecule has 0 amide bonds. The van der Waals surface area contributed by atoms with Gasteiger partial charge >= 0.3 is 0 Å². The average Bonchev–Trinajstić information content (AvgIpc) is 2.42. The minimum atomic E-state index is -0.803. The molecule has 2 aromatic rings. The van der Waals surface area contributed by atoms with Gasteiger partial charge in [0.05, 0.1) is 10.6 Å². The summed E-state index contributed by atoms with van der Waals surface area (Å²) in [7, 11) is 0. The largest absolute Gasteiger partial charge is 0.485 e. The molecule has 0 aliphatic carbocycles. The summed E-state index contributed by atoms with van der Waals surface area (Å²) in [6, 6.07) is 8.65. The molecule has 0 radical (unpaired) electrons. The van der Waals surface area contributed by atoms with Crippen molar-refractivity contribution in [2.75, 3.05) is 0 Å². The smallest absolute Gasteiger partial charge is 0.137 e. The minimum absolute atomic E-state index is 0.300. The summed E-state index contributed by atoms with van der Waals surface area (Å²) in [6.45, 7) is 0. The van der Waals surface area contributed by atoms with Gasteiger partial charge in [0.15, 0.2) is 0 Å². The highest BCUT2D eigenvalue weighted by molar-refractivity contribution is 9.10. The second-order valence-corrected chi connectivity index (χ2v) is 5.57. The van der Waals surface area contributed by atoms with Crippen LogP contribution >= 0.6 is 15.9 Å². The fraction of sp³-hybridized carbons (Fsp3) is 0.200. The Morgan fingerprint density at radius 2 is 1.95 bits per heavy atom. The molecule has 0 spiro atoms. The van der Waals surface area contributed by atoms with Crippen LogP contribution in [0.15, 0.2) is 40.9 Å². The van der Waals surface area contributed by atoms with Gasteiger partial charge in [-0.3, -0.25) is 0 Å². The van der Waals surface area contributed by atoms with Crippen LogP contribution in [0.2, 0.25) is 0 Å². The number of rotatable bonds is 1. The Hall–Kier alpha value is -1.46. The summed E-state index contributed by atoms with van der Waals surface area (Å²) in [5, 5.41) is 10.1. The lowest BCUT2D eigenvalue weighted by atomic mass is 9.95. The third-order valence-corrected chi connectivity index (χ3v) is 3.96. The van der Waals surface area contributed by atoms with E-state index < -0.39 is 11.9 Å². The monoisotopic (exact) mass is 340 g/mol. The van der Waals surface area contributed by atoms with Gasteiger partial charge in [-0.1, -0.05) is 6.07 Å². The van der Waals surface area contributed by atoms with Gasteiger partial charge in [-0.25, -0.2) is 8.78 Å². The maximum Gasteiger partial charge on any atom is 0.137 e. The van der Waals surface area contributed by atoms with Crippen molar-refractivity contribution in [1.29, 1.82) is 0 Å². The number of hydrogen-bond donors (Lipinski definition) is 1. The van der Waals surface area contributed by atoms with Gasteiger partial charge in [-0.2, -0.15) is 0 Å². The molecule has 1 heterocycles. The van der Waals surface area contributed by atoms with Crippen LogP contribution in [0, 0.1) is 11.6 Å². The van der Waals surface area contributed by atoms with Crippen LogP contribution in [0.5, 0.6) is 5.75 Å². The van der Waals surface area contributed by atoms with Crippen LogP contribution < -0.4 is 4.74 Å². The molecule has 2 atom stereocenters. The first kappa shape index (κ1) is 13.5. The van der Waals surface area contributed by atoms with Crippen molar-refractivity contribution in [3.8, 4) is 5.75 Å². The predicted octanol–water partition coefficient (Wildman–Crippen LogP) is 4.28. The van der Waals surface area contributed by atoms with E-state index in [1.54, 1.807) is 12.1 Å². The topological polar surface area (TPSA) is 29.5 Å². The highest BCUT2D eigenvalue weighted by Crippen LogP contribution is 2.41. The molecule has 1 N–H and O–H groups in total. The van der Waals surface area contributed by atoms with E-state index in [4.69, 9.17) is 4.74 Å². The highest BCUT2D eigenvalue weighted by atomic mass is 79.9. The Morgan fingerprint density at radius 3 is 2.70 bits per heavy atom. The lowest BCUT2D eigenvalue weighted by Crippen LogP contribution is -2.19. The molecule has 2 nitrogen and oxygen atoms in total. The molecule has 104 valence electrons. The molecule has 5 heteroatoms. The quantitative estimate of drug-likeness (QED) is 0.839. The average molecular weight is 341 g/mol. The van der Waals surface area contributed by atoms with Gasteiger partial charge < -0.3 is 9.84 Å². The molecule has 0 fully saturated rings. The number of fused-ring (bicyclic) bond motifs is 1. The number of benzene rings is 2. The van der Waals surface area contributed by atoms with Crippen molar-refractivity contribution < 1.29 is 18.6 Å². The number of ether oxygens (including phenoxy) is 1. The molecule has 3 rings (SSSR count). The molecule has 0 bridgehead atoms. The number of halogens is 3. The van der Waals surface area contributed by atoms with E-state index in [1.807, 2.05) is 0 Å². The molecule has 2 aromatic carbocycles. The Labute approximate surface area is 123 Å². The van der Waals surface area contributed by atoms with E-state index in [-0.39, 0.29) is 11.9 Å². The lowest BCUT2D eigenvalue weighted by molar-refractivity contribution is 0.0653. The molecular formula is C15H11BrF2O2. The Balaban J connectivity index is 1.94. The first-order valence-corrected chi connectivity index (χ1v) is 6.93. The van der Waals surface area contributed by atoms with Crippen molar-refractivity contribution in [1.82, 2.24) is 0 Å². The molecule has 1 aliphatic heterocycles. The van der Waals surface area contributed by atoms with Crippen LogP contribution in [-0.4, -0.2) is 5.11 Å². The van der Waals surface area contributed by atoms with Crippen molar-refractivity contribution in [2.24, 2.45) is 0 Å². The van der Waals surface area contributed by atoms with Gasteiger partial charge in [0, 0.05) is 12.0 Å². The summed E-state index contributed by atoms with van der Waals surface area (Å²) >= 11 is 3.13. The lowest BCUT2D eigenvalue weighted by Gasteiger charge is -2.30. The number of aliphatic hydroxyl groups excluding tert-OH is 1. The van der Waals surface area contributed by atoms with E-state index in [0.29, 0.717) is 22.2 Å². The van der Waals surface area contributed by atoms with E-state index in [1.165, 1.54) is 24.3 Å². The summed E-state index contributed by atoms with van der Waals surface area (Å²) < 4.78 is 32.5. The molecule has 1 aliphatic rings. The molecule has 20 heavy (non-hydrogen) atoms. The van der Waals surface area contributed by atoms with Crippen LogP contribution in [-0.2, 0) is 0 Å². The maximum atomic E-state index is 13.2. The molecule has 0 aromatic heterocycles. The zero-order valence-electron chi connectivity index (χ0n) is 10.3. The summed E-state index contributed by atoms with van der Waals surface area (Å²) in [6.07, 6.45) is -0.891. The van der Waals surface area contributed by atoms with E-state index >= 15 is 0 Å². The fourth-order valence-corrected chi connectivity index (χ4v) is 2.73. The summed E-state index contributed by atoms with van der Waals surface area (Å²) in [5.41, 5.74) is 1.20. The number of aliphatic hydroxyl groups is 1. The standard InChI is InChI=1S/C15H11BrF2O2/c16-11-5-8(1-3-12(11)18)15-7-13(19)10-6-9(17)2-4-14(10)20-15/h1-6,13,15,19H,7H2/t13-,15?/m0/s1. The van der Waals surface area contributed by atoms with Crippen LogP contribution in [0.3, 0.4) is 0 Å². The van der Waals surface area contributed by atoms with Gasteiger partial charge in [0.25, 0.3) is 0 Å². The zero-order chi connectivity index (χ0) is 14.3. The molecular weight excluding hydrogens is 330 g/mol. The van der Waals surface area contributed by atoms with Crippen molar-refractivity contribution in [2.45, 2.75) is 18.6 Å². The van der Waals surface area contributed by atoms with E-state index in [0.717, 1.165) is 5.56 Å². The van der Waals surface area contributed by atoms with Crippen LogP contribution in [0.4, 0.5) is 8.78 Å².